The Balaban J connectivity index is 2.19. The zero-order chi connectivity index (χ0) is 11.8. The number of benzene rings is 1. The molecule has 4 heteroatoms. The Morgan fingerprint density at radius 1 is 1.44 bits per heavy atom. The molecule has 0 aliphatic carbocycles. The first-order valence-corrected chi connectivity index (χ1v) is 6.58. The number of amidine groups is 1. The third kappa shape index (κ3) is 2.71. The average molecular weight is 255 g/mol. The van der Waals surface area contributed by atoms with Crippen LogP contribution < -0.4 is 5.32 Å². The minimum absolute atomic E-state index is 0.0412. The maximum atomic E-state index is 5.97. The molecule has 0 atom stereocenters. The van der Waals surface area contributed by atoms with Crippen molar-refractivity contribution in [3.05, 3.63) is 28.8 Å². The van der Waals surface area contributed by atoms with E-state index in [1.807, 2.05) is 18.2 Å². The number of nitrogens with one attached hydrogen (secondary N) is 1. The molecule has 1 aromatic rings. The van der Waals surface area contributed by atoms with Gasteiger partial charge in [0.2, 0.25) is 0 Å². The summed E-state index contributed by atoms with van der Waals surface area (Å²) in [4.78, 5) is 4.61. The van der Waals surface area contributed by atoms with Crippen LogP contribution in [-0.4, -0.2) is 16.5 Å². The summed E-state index contributed by atoms with van der Waals surface area (Å²) >= 11 is 7.73. The molecular formula is C12H15ClN2S. The van der Waals surface area contributed by atoms with E-state index in [1.54, 1.807) is 11.8 Å². The molecule has 2 nitrogen and oxygen atoms in total. The van der Waals surface area contributed by atoms with Crippen LogP contribution in [0.4, 0.5) is 5.69 Å². The molecule has 0 aromatic heterocycles. The topological polar surface area (TPSA) is 24.4 Å². The van der Waals surface area contributed by atoms with Gasteiger partial charge < -0.3 is 5.32 Å². The molecule has 86 valence electrons. The van der Waals surface area contributed by atoms with Gasteiger partial charge in [-0.2, -0.15) is 0 Å². The maximum Gasteiger partial charge on any atom is 0.161 e. The summed E-state index contributed by atoms with van der Waals surface area (Å²) in [5.41, 5.74) is 2.26. The lowest BCUT2D eigenvalue weighted by molar-refractivity contribution is 0.605. The predicted octanol–water partition coefficient (Wildman–Crippen LogP) is 3.94. The van der Waals surface area contributed by atoms with Crippen molar-refractivity contribution in [2.75, 3.05) is 11.1 Å². The number of aliphatic imine (C=N–C) groups is 1. The van der Waals surface area contributed by atoms with Crippen LogP contribution >= 0.6 is 23.4 Å². The van der Waals surface area contributed by atoms with E-state index in [4.69, 9.17) is 11.6 Å². The number of rotatable bonds is 1. The highest BCUT2D eigenvalue weighted by Gasteiger charge is 2.25. The molecule has 1 heterocycles. The van der Waals surface area contributed by atoms with E-state index in [-0.39, 0.29) is 5.54 Å². The van der Waals surface area contributed by atoms with Gasteiger partial charge in [-0.15, -0.1) is 0 Å². The van der Waals surface area contributed by atoms with Gasteiger partial charge in [0, 0.05) is 16.5 Å². The highest BCUT2D eigenvalue weighted by atomic mass is 35.5. The Morgan fingerprint density at radius 2 is 2.19 bits per heavy atom. The summed E-state index contributed by atoms with van der Waals surface area (Å²) in [5, 5.41) is 5.06. The van der Waals surface area contributed by atoms with Crippen molar-refractivity contribution in [2.24, 2.45) is 4.99 Å². The summed E-state index contributed by atoms with van der Waals surface area (Å²) in [6, 6.07) is 5.84. The summed E-state index contributed by atoms with van der Waals surface area (Å²) in [6.45, 7) is 6.34. The Kier molecular flexibility index (Phi) is 3.17. The SMILES string of the molecule is Cc1ccc(Cl)cc1NC1=NC(C)(C)CS1. The fraction of sp³-hybridized carbons (Fsp3) is 0.417. The standard InChI is InChI=1S/C12H15ClN2S/c1-8-4-5-9(13)6-10(8)14-11-15-12(2,3)7-16-11/h4-6H,7H2,1-3H3,(H,14,15). The molecule has 0 spiro atoms. The molecule has 1 aliphatic rings. The van der Waals surface area contributed by atoms with E-state index in [0.717, 1.165) is 21.6 Å². The lowest BCUT2D eigenvalue weighted by Gasteiger charge is -2.10. The molecule has 2 rings (SSSR count). The molecule has 0 fully saturated rings. The van der Waals surface area contributed by atoms with E-state index in [2.05, 4.69) is 31.1 Å². The second kappa shape index (κ2) is 4.30. The van der Waals surface area contributed by atoms with Crippen LogP contribution in [0.2, 0.25) is 5.02 Å². The highest BCUT2D eigenvalue weighted by molar-refractivity contribution is 8.14. The zero-order valence-corrected chi connectivity index (χ0v) is 11.2. The first kappa shape index (κ1) is 11.8. The Hall–Kier alpha value is -0.670. The number of halogens is 1. The molecule has 1 aromatic carbocycles. The van der Waals surface area contributed by atoms with Crippen molar-refractivity contribution in [2.45, 2.75) is 26.3 Å². The van der Waals surface area contributed by atoms with Crippen LogP contribution in [0.3, 0.4) is 0 Å². The lowest BCUT2D eigenvalue weighted by atomic mass is 10.1. The molecule has 0 unspecified atom stereocenters. The second-order valence-electron chi connectivity index (χ2n) is 4.60. The fourth-order valence-corrected chi connectivity index (χ4v) is 2.71. The average Bonchev–Trinajstić information content (AvgIpc) is 2.52. The van der Waals surface area contributed by atoms with E-state index in [0.29, 0.717) is 0 Å². The monoisotopic (exact) mass is 254 g/mol. The lowest BCUT2D eigenvalue weighted by Crippen LogP contribution is -2.15. The van der Waals surface area contributed by atoms with E-state index < -0.39 is 0 Å². The predicted molar refractivity (Wildman–Crippen MR) is 73.8 cm³/mol. The number of hydrogen-bond donors (Lipinski definition) is 1. The summed E-state index contributed by atoms with van der Waals surface area (Å²) < 4.78 is 0. The van der Waals surface area contributed by atoms with Gasteiger partial charge in [-0.05, 0) is 38.5 Å². The van der Waals surface area contributed by atoms with Crippen molar-refractivity contribution in [3.63, 3.8) is 0 Å². The third-order valence-corrected chi connectivity index (χ3v) is 3.96. The smallest absolute Gasteiger partial charge is 0.161 e. The molecule has 0 bridgehead atoms. The number of nitrogens with zero attached hydrogens (tertiary/aromatic N) is 1. The molecule has 0 amide bonds. The van der Waals surface area contributed by atoms with E-state index in [1.165, 1.54) is 5.56 Å². The van der Waals surface area contributed by atoms with Crippen molar-refractivity contribution >= 4 is 34.2 Å². The minimum atomic E-state index is 0.0412. The molecule has 0 saturated heterocycles. The van der Waals surface area contributed by atoms with Gasteiger partial charge in [-0.1, -0.05) is 29.4 Å². The van der Waals surface area contributed by atoms with Gasteiger partial charge >= 0.3 is 0 Å². The minimum Gasteiger partial charge on any atom is -0.335 e. The molecule has 0 saturated carbocycles. The highest BCUT2D eigenvalue weighted by Crippen LogP contribution is 2.29. The quantitative estimate of drug-likeness (QED) is 0.821. The van der Waals surface area contributed by atoms with Crippen LogP contribution in [0.15, 0.2) is 23.2 Å². The summed E-state index contributed by atoms with van der Waals surface area (Å²) in [5.74, 6) is 1.02. The molecular weight excluding hydrogens is 240 g/mol. The largest absolute Gasteiger partial charge is 0.335 e. The number of anilines is 1. The van der Waals surface area contributed by atoms with Crippen molar-refractivity contribution in [1.29, 1.82) is 0 Å². The zero-order valence-electron chi connectivity index (χ0n) is 9.67. The Labute approximate surface area is 105 Å². The fourth-order valence-electron chi connectivity index (χ4n) is 1.49. The molecule has 1 aliphatic heterocycles. The Morgan fingerprint density at radius 3 is 2.81 bits per heavy atom. The summed E-state index contributed by atoms with van der Waals surface area (Å²) in [6.07, 6.45) is 0. The van der Waals surface area contributed by atoms with Gasteiger partial charge in [-0.25, -0.2) is 0 Å². The first-order chi connectivity index (χ1) is 7.46. The van der Waals surface area contributed by atoms with Gasteiger partial charge in [-0.3, -0.25) is 4.99 Å². The third-order valence-electron chi connectivity index (χ3n) is 2.41. The molecule has 16 heavy (non-hydrogen) atoms. The van der Waals surface area contributed by atoms with Crippen molar-refractivity contribution < 1.29 is 0 Å². The van der Waals surface area contributed by atoms with Crippen molar-refractivity contribution in [3.8, 4) is 0 Å². The van der Waals surface area contributed by atoms with Gasteiger partial charge in [0.05, 0.1) is 5.54 Å². The number of thioether (sulfide) groups is 1. The van der Waals surface area contributed by atoms with Gasteiger partial charge in [0.15, 0.2) is 5.17 Å². The summed E-state index contributed by atoms with van der Waals surface area (Å²) in [7, 11) is 0. The molecule has 0 radical (unpaired) electrons. The van der Waals surface area contributed by atoms with E-state index in [9.17, 15) is 0 Å². The normalized spacial score (nSPS) is 18.4. The van der Waals surface area contributed by atoms with Crippen LogP contribution in [-0.2, 0) is 0 Å². The van der Waals surface area contributed by atoms with Crippen molar-refractivity contribution in [1.82, 2.24) is 0 Å². The Bertz CT molecular complexity index is 441. The van der Waals surface area contributed by atoms with Gasteiger partial charge in [0.1, 0.15) is 0 Å². The van der Waals surface area contributed by atoms with Crippen LogP contribution in [0.1, 0.15) is 19.4 Å². The first-order valence-electron chi connectivity index (χ1n) is 5.22. The maximum absolute atomic E-state index is 5.97. The van der Waals surface area contributed by atoms with E-state index >= 15 is 0 Å². The van der Waals surface area contributed by atoms with Crippen LogP contribution in [0.5, 0.6) is 0 Å². The van der Waals surface area contributed by atoms with Crippen LogP contribution in [0.25, 0.3) is 0 Å². The second-order valence-corrected chi connectivity index (χ2v) is 6.00. The molecule has 1 N–H and O–H groups in total. The van der Waals surface area contributed by atoms with Gasteiger partial charge in [0.25, 0.3) is 0 Å². The number of hydrogen-bond acceptors (Lipinski definition) is 3. The van der Waals surface area contributed by atoms with Crippen LogP contribution in [0, 0.1) is 6.92 Å². The number of aryl methyl sites for hydroxylation is 1.